The van der Waals surface area contributed by atoms with E-state index in [1.807, 2.05) is 25.5 Å². The Kier molecular flexibility index (Phi) is 1.81. The zero-order valence-corrected chi connectivity index (χ0v) is 7.25. The molecule has 1 aromatic heterocycles. The third kappa shape index (κ3) is 1.20. The summed E-state index contributed by atoms with van der Waals surface area (Å²) in [6, 6.07) is 1.86. The molecule has 0 aromatic carbocycles. The van der Waals surface area contributed by atoms with E-state index < -0.39 is 0 Å². The van der Waals surface area contributed by atoms with Gasteiger partial charge in [-0.2, -0.15) is 0 Å². The van der Waals surface area contributed by atoms with Crippen LogP contribution in [0.25, 0.3) is 0 Å². The van der Waals surface area contributed by atoms with E-state index in [9.17, 15) is 0 Å². The van der Waals surface area contributed by atoms with Crippen LogP contribution in [0.5, 0.6) is 0 Å². The molecule has 12 heavy (non-hydrogen) atoms. The molecule has 0 atom stereocenters. The molecule has 0 amide bonds. The number of hydrogen-bond donors (Lipinski definition) is 1. The molecule has 0 bridgehead atoms. The van der Waals surface area contributed by atoms with Crippen LogP contribution in [-0.4, -0.2) is 23.6 Å². The fourth-order valence-corrected chi connectivity index (χ4v) is 1.54. The third-order valence-electron chi connectivity index (χ3n) is 2.41. The van der Waals surface area contributed by atoms with Crippen molar-refractivity contribution in [1.82, 2.24) is 15.3 Å². The third-order valence-corrected chi connectivity index (χ3v) is 2.41. The Morgan fingerprint density at radius 2 is 2.08 bits per heavy atom. The van der Waals surface area contributed by atoms with Crippen molar-refractivity contribution in [2.24, 2.45) is 0 Å². The Balaban J connectivity index is 2.19. The molecule has 3 heteroatoms. The first-order valence-corrected chi connectivity index (χ1v) is 4.29. The lowest BCUT2D eigenvalue weighted by Gasteiger charge is -2.11. The van der Waals surface area contributed by atoms with Crippen LogP contribution in [0.15, 0.2) is 18.5 Å². The second-order valence-corrected chi connectivity index (χ2v) is 3.38. The summed E-state index contributed by atoms with van der Waals surface area (Å²) >= 11 is 0. The average molecular weight is 163 g/mol. The van der Waals surface area contributed by atoms with Gasteiger partial charge in [-0.15, -0.1) is 0 Å². The van der Waals surface area contributed by atoms with Crippen molar-refractivity contribution in [2.75, 3.05) is 13.6 Å². The van der Waals surface area contributed by atoms with Gasteiger partial charge in [-0.05, 0) is 26.0 Å². The molecule has 0 unspecified atom stereocenters. The zero-order valence-electron chi connectivity index (χ0n) is 7.25. The molecule has 1 aliphatic rings. The molecule has 1 N–H and O–H groups in total. The van der Waals surface area contributed by atoms with Gasteiger partial charge in [0, 0.05) is 24.4 Å². The summed E-state index contributed by atoms with van der Waals surface area (Å²) in [5, 5.41) is 3.19. The maximum atomic E-state index is 4.28. The first-order valence-electron chi connectivity index (χ1n) is 4.29. The van der Waals surface area contributed by atoms with Crippen molar-refractivity contribution in [1.29, 1.82) is 0 Å². The van der Waals surface area contributed by atoms with E-state index in [-0.39, 0.29) is 5.41 Å². The molecule has 2 rings (SSSR count). The topological polar surface area (TPSA) is 37.8 Å². The van der Waals surface area contributed by atoms with Crippen molar-refractivity contribution < 1.29 is 0 Å². The summed E-state index contributed by atoms with van der Waals surface area (Å²) in [5.41, 5.74) is 0.260. The molecule has 0 spiro atoms. The van der Waals surface area contributed by atoms with E-state index >= 15 is 0 Å². The van der Waals surface area contributed by atoms with Crippen LogP contribution in [0.2, 0.25) is 0 Å². The van der Waals surface area contributed by atoms with Gasteiger partial charge >= 0.3 is 0 Å². The van der Waals surface area contributed by atoms with Gasteiger partial charge in [-0.1, -0.05) is 0 Å². The molecule has 3 nitrogen and oxygen atoms in total. The van der Waals surface area contributed by atoms with Crippen molar-refractivity contribution in [2.45, 2.75) is 18.3 Å². The molecule has 0 saturated heterocycles. The number of nitrogens with one attached hydrogen (secondary N) is 1. The molecule has 0 radical (unpaired) electrons. The van der Waals surface area contributed by atoms with Gasteiger partial charge in [0.2, 0.25) is 0 Å². The largest absolute Gasteiger partial charge is 0.319 e. The van der Waals surface area contributed by atoms with Crippen LogP contribution in [0.1, 0.15) is 18.7 Å². The van der Waals surface area contributed by atoms with E-state index in [4.69, 9.17) is 0 Å². The standard InChI is InChI=1S/C9H13N3/c1-10-7-9(3-4-9)8-11-5-2-6-12-8/h2,5-6,10H,3-4,7H2,1H3. The van der Waals surface area contributed by atoms with E-state index in [1.54, 1.807) is 0 Å². The predicted octanol–water partition coefficient (Wildman–Crippen LogP) is 0.728. The molecule has 1 aromatic rings. The quantitative estimate of drug-likeness (QED) is 0.713. The molecule has 64 valence electrons. The maximum Gasteiger partial charge on any atom is 0.135 e. The lowest BCUT2D eigenvalue weighted by Crippen LogP contribution is -2.25. The first-order chi connectivity index (χ1) is 5.87. The van der Waals surface area contributed by atoms with Crippen molar-refractivity contribution >= 4 is 0 Å². The van der Waals surface area contributed by atoms with Gasteiger partial charge < -0.3 is 5.32 Å². The van der Waals surface area contributed by atoms with E-state index in [1.165, 1.54) is 12.8 Å². The minimum absolute atomic E-state index is 0.260. The molecule has 1 fully saturated rings. The molecule has 1 aliphatic carbocycles. The van der Waals surface area contributed by atoms with Crippen molar-refractivity contribution in [3.63, 3.8) is 0 Å². The highest BCUT2D eigenvalue weighted by molar-refractivity contribution is 5.18. The lowest BCUT2D eigenvalue weighted by atomic mass is 10.1. The highest BCUT2D eigenvalue weighted by atomic mass is 14.9. The molecule has 0 aliphatic heterocycles. The summed E-state index contributed by atoms with van der Waals surface area (Å²) in [7, 11) is 1.98. The molecular formula is C9H13N3. The van der Waals surface area contributed by atoms with Crippen molar-refractivity contribution in [3.8, 4) is 0 Å². The van der Waals surface area contributed by atoms with Crippen LogP contribution in [0.4, 0.5) is 0 Å². The van der Waals surface area contributed by atoms with Gasteiger partial charge in [0.15, 0.2) is 0 Å². The first kappa shape index (κ1) is 7.68. The highest BCUT2D eigenvalue weighted by Crippen LogP contribution is 2.45. The van der Waals surface area contributed by atoms with Gasteiger partial charge in [0.05, 0.1) is 0 Å². The van der Waals surface area contributed by atoms with Gasteiger partial charge in [0.1, 0.15) is 5.82 Å². The van der Waals surface area contributed by atoms with Crippen LogP contribution in [0.3, 0.4) is 0 Å². The Morgan fingerprint density at radius 3 is 2.58 bits per heavy atom. The van der Waals surface area contributed by atoms with Crippen LogP contribution in [0, 0.1) is 0 Å². The van der Waals surface area contributed by atoms with Gasteiger partial charge in [-0.3, -0.25) is 0 Å². The number of hydrogen-bond acceptors (Lipinski definition) is 3. The Bertz CT molecular complexity index is 254. The maximum absolute atomic E-state index is 4.28. The zero-order chi connectivity index (χ0) is 8.44. The fourth-order valence-electron chi connectivity index (χ4n) is 1.54. The smallest absolute Gasteiger partial charge is 0.135 e. The van der Waals surface area contributed by atoms with E-state index in [0.717, 1.165) is 12.4 Å². The predicted molar refractivity (Wildman–Crippen MR) is 46.9 cm³/mol. The lowest BCUT2D eigenvalue weighted by molar-refractivity contribution is 0.587. The Morgan fingerprint density at radius 1 is 1.42 bits per heavy atom. The van der Waals surface area contributed by atoms with Crippen LogP contribution < -0.4 is 5.32 Å². The van der Waals surface area contributed by atoms with E-state index in [0.29, 0.717) is 0 Å². The SMILES string of the molecule is CNCC1(c2ncccn2)CC1. The Hall–Kier alpha value is -0.960. The highest BCUT2D eigenvalue weighted by Gasteiger charge is 2.46. The minimum Gasteiger partial charge on any atom is -0.319 e. The summed E-state index contributed by atoms with van der Waals surface area (Å²) in [5.74, 6) is 0.999. The van der Waals surface area contributed by atoms with Crippen LogP contribution >= 0.6 is 0 Å². The van der Waals surface area contributed by atoms with E-state index in [2.05, 4.69) is 15.3 Å². The molecule has 1 heterocycles. The van der Waals surface area contributed by atoms with Gasteiger partial charge in [0.25, 0.3) is 0 Å². The molecule has 1 saturated carbocycles. The fraction of sp³-hybridized carbons (Fsp3) is 0.556. The second kappa shape index (κ2) is 2.83. The number of likely N-dealkylation sites (N-methyl/N-ethyl adjacent to an activating group) is 1. The summed E-state index contributed by atoms with van der Waals surface area (Å²) in [6.07, 6.45) is 6.08. The van der Waals surface area contributed by atoms with Crippen molar-refractivity contribution in [3.05, 3.63) is 24.3 Å². The number of nitrogens with zero attached hydrogens (tertiary/aromatic N) is 2. The monoisotopic (exact) mass is 163 g/mol. The normalized spacial score (nSPS) is 19.1. The summed E-state index contributed by atoms with van der Waals surface area (Å²) in [6.45, 7) is 0.997. The Labute approximate surface area is 72.2 Å². The number of aromatic nitrogens is 2. The average Bonchev–Trinajstić information content (AvgIpc) is 2.88. The molecular weight excluding hydrogens is 150 g/mol. The minimum atomic E-state index is 0.260. The van der Waals surface area contributed by atoms with Crippen LogP contribution in [-0.2, 0) is 5.41 Å². The summed E-state index contributed by atoms with van der Waals surface area (Å²) in [4.78, 5) is 8.56. The summed E-state index contributed by atoms with van der Waals surface area (Å²) < 4.78 is 0. The number of rotatable bonds is 3. The second-order valence-electron chi connectivity index (χ2n) is 3.38. The van der Waals surface area contributed by atoms with Gasteiger partial charge in [-0.25, -0.2) is 9.97 Å².